The van der Waals surface area contributed by atoms with Crippen molar-refractivity contribution in [1.82, 2.24) is 4.90 Å². The van der Waals surface area contributed by atoms with E-state index in [1.54, 1.807) is 0 Å². The van der Waals surface area contributed by atoms with Gasteiger partial charge in [0.15, 0.2) is 6.54 Å². The number of anilines is 6. The molecule has 1 aliphatic heterocycles. The highest BCUT2D eigenvalue weighted by atomic mass is 35.5. The van der Waals surface area contributed by atoms with Gasteiger partial charge in [0.05, 0.1) is 38.1 Å². The molecule has 40 heavy (non-hydrogen) atoms. The summed E-state index contributed by atoms with van der Waals surface area (Å²) in [4.78, 5) is 49.8. The Hall–Kier alpha value is -4.27. The first-order valence-electron chi connectivity index (χ1n) is 12.2. The number of rotatable bonds is 8. The number of nitrogens with zero attached hydrogens (tertiary/aromatic N) is 2. The standard InChI is InChI=1S/C25H34N8O6.ClH/c1-14(34)28-16-8-18(26)24(20(36)10-16)30-22(38)12-32-4-6-33(3,7-5-32)13-23(39)31-25-19(27)9-17(11-21(25)37)29-15(2)35;/h8-11H,4-7,12-13,26-27H2,1-3H3,(H5-,28,29,30,31,34,35,36,37,38,39);1H. The summed E-state index contributed by atoms with van der Waals surface area (Å²) in [5.41, 5.74) is 12.9. The molecule has 0 bridgehead atoms. The average Bonchev–Trinajstić information content (AvgIpc) is 2.79. The van der Waals surface area contributed by atoms with Crippen LogP contribution in [0.15, 0.2) is 24.3 Å². The molecule has 10 N–H and O–H groups in total. The highest BCUT2D eigenvalue weighted by Crippen LogP contribution is 2.34. The molecule has 0 unspecified atom stereocenters. The summed E-state index contributed by atoms with van der Waals surface area (Å²) in [5.74, 6) is -1.88. The van der Waals surface area contributed by atoms with E-state index in [9.17, 15) is 29.4 Å². The lowest BCUT2D eigenvalue weighted by Crippen LogP contribution is -3.00. The van der Waals surface area contributed by atoms with E-state index in [1.807, 2.05) is 11.9 Å². The maximum atomic E-state index is 12.8. The van der Waals surface area contributed by atoms with Crippen LogP contribution in [0.25, 0.3) is 0 Å². The number of phenols is 2. The minimum absolute atomic E-state index is 0. The Morgan fingerprint density at radius 3 is 1.62 bits per heavy atom. The fourth-order valence-corrected chi connectivity index (χ4v) is 4.33. The number of phenolic OH excluding ortho intramolecular Hbond substituents is 2. The molecule has 15 heteroatoms. The summed E-state index contributed by atoms with van der Waals surface area (Å²) < 4.78 is 0.410. The Kier molecular flexibility index (Phi) is 10.5. The van der Waals surface area contributed by atoms with Gasteiger partial charge in [0.2, 0.25) is 17.7 Å². The van der Waals surface area contributed by atoms with E-state index in [0.717, 1.165) is 0 Å². The topological polar surface area (TPSA) is 212 Å². The number of carbonyl (C=O) groups is 4. The number of nitrogens with one attached hydrogen (secondary N) is 4. The van der Waals surface area contributed by atoms with Crippen LogP contribution in [0.3, 0.4) is 0 Å². The SMILES string of the molecule is CC(=O)Nc1cc(N)c(NC(=O)CN2CC[N+](C)(CC(=O)Nc3c(N)cc(NC(C)=O)cc3O)CC2)c(O)c1.[Cl-]. The molecule has 0 saturated carbocycles. The monoisotopic (exact) mass is 578 g/mol. The van der Waals surface area contributed by atoms with E-state index in [4.69, 9.17) is 11.5 Å². The third kappa shape index (κ3) is 8.62. The van der Waals surface area contributed by atoms with Crippen LogP contribution in [0.4, 0.5) is 34.1 Å². The van der Waals surface area contributed by atoms with Gasteiger partial charge in [-0.05, 0) is 12.1 Å². The second kappa shape index (κ2) is 13.2. The first-order valence-corrected chi connectivity index (χ1v) is 12.2. The number of likely N-dealkylation sites (N-methyl/N-ethyl adjacent to an activating group) is 1. The molecular formula is C25H35ClN8O6. The summed E-state index contributed by atoms with van der Waals surface area (Å²) in [6.07, 6.45) is 0. The molecular weight excluding hydrogens is 544 g/mol. The number of benzene rings is 2. The number of quaternary nitrogens is 1. The molecule has 0 atom stereocenters. The molecule has 218 valence electrons. The first-order chi connectivity index (χ1) is 18.2. The molecule has 0 radical (unpaired) electrons. The van der Waals surface area contributed by atoms with E-state index in [2.05, 4.69) is 21.3 Å². The van der Waals surface area contributed by atoms with Crippen molar-refractivity contribution in [1.29, 1.82) is 0 Å². The van der Waals surface area contributed by atoms with Crippen molar-refractivity contribution >= 4 is 57.8 Å². The molecule has 0 spiro atoms. The molecule has 0 aliphatic carbocycles. The van der Waals surface area contributed by atoms with Crippen LogP contribution in [0.1, 0.15) is 13.8 Å². The number of hydrogen-bond donors (Lipinski definition) is 8. The zero-order valence-corrected chi connectivity index (χ0v) is 23.3. The number of nitrogen functional groups attached to an aromatic ring is 2. The van der Waals surface area contributed by atoms with Crippen LogP contribution in [0, 0.1) is 0 Å². The Labute approximate surface area is 237 Å². The second-order valence-electron chi connectivity index (χ2n) is 9.88. The number of halogens is 1. The third-order valence-electron chi connectivity index (χ3n) is 6.27. The Morgan fingerprint density at radius 2 is 1.23 bits per heavy atom. The van der Waals surface area contributed by atoms with Crippen LogP contribution in [-0.4, -0.2) is 89.5 Å². The predicted molar refractivity (Wildman–Crippen MR) is 148 cm³/mol. The van der Waals surface area contributed by atoms with Gasteiger partial charge in [0, 0.05) is 50.4 Å². The molecule has 0 aromatic heterocycles. The van der Waals surface area contributed by atoms with Crippen molar-refractivity contribution < 1.29 is 46.3 Å². The van der Waals surface area contributed by atoms with Gasteiger partial charge in [0.25, 0.3) is 5.91 Å². The lowest BCUT2D eigenvalue weighted by atomic mass is 10.2. The quantitative estimate of drug-likeness (QED) is 0.0945. The lowest BCUT2D eigenvalue weighted by molar-refractivity contribution is -0.905. The number of piperazine rings is 1. The van der Waals surface area contributed by atoms with Crippen molar-refractivity contribution in [2.24, 2.45) is 0 Å². The highest BCUT2D eigenvalue weighted by molar-refractivity contribution is 6.00. The second-order valence-corrected chi connectivity index (χ2v) is 9.88. The summed E-state index contributed by atoms with van der Waals surface area (Å²) in [7, 11) is 1.93. The minimum atomic E-state index is -0.369. The Balaban J connectivity index is 0.00000560. The zero-order valence-electron chi connectivity index (χ0n) is 22.5. The fraction of sp³-hybridized carbons (Fsp3) is 0.360. The average molecular weight is 579 g/mol. The third-order valence-corrected chi connectivity index (χ3v) is 6.27. The van der Waals surface area contributed by atoms with Crippen molar-refractivity contribution in [3.05, 3.63) is 24.3 Å². The summed E-state index contributed by atoms with van der Waals surface area (Å²) >= 11 is 0. The van der Waals surface area contributed by atoms with Crippen LogP contribution >= 0.6 is 0 Å². The molecule has 1 saturated heterocycles. The maximum Gasteiger partial charge on any atom is 0.279 e. The number of carbonyl (C=O) groups excluding carboxylic acids is 4. The molecule has 14 nitrogen and oxygen atoms in total. The van der Waals surface area contributed by atoms with Gasteiger partial charge >= 0.3 is 0 Å². The molecule has 1 fully saturated rings. The molecule has 1 aliphatic rings. The van der Waals surface area contributed by atoms with Crippen LogP contribution in [-0.2, 0) is 19.2 Å². The van der Waals surface area contributed by atoms with Gasteiger partial charge in [-0.25, -0.2) is 0 Å². The lowest BCUT2D eigenvalue weighted by Gasteiger charge is -2.41. The molecule has 2 aromatic rings. The normalized spacial score (nSPS) is 14.4. The van der Waals surface area contributed by atoms with Crippen LogP contribution < -0.4 is 45.1 Å². The molecule has 4 amide bonds. The first kappa shape index (κ1) is 31.9. The van der Waals surface area contributed by atoms with E-state index >= 15 is 0 Å². The maximum absolute atomic E-state index is 12.8. The van der Waals surface area contributed by atoms with Gasteiger partial charge in [-0.1, -0.05) is 0 Å². The summed E-state index contributed by atoms with van der Waals surface area (Å²) in [6, 6.07) is 5.49. The van der Waals surface area contributed by atoms with Gasteiger partial charge < -0.3 is 59.8 Å². The van der Waals surface area contributed by atoms with Gasteiger partial charge in [-0.3, -0.25) is 24.1 Å². The highest BCUT2D eigenvalue weighted by Gasteiger charge is 2.32. The van der Waals surface area contributed by atoms with E-state index in [-0.39, 0.29) is 83.4 Å². The van der Waals surface area contributed by atoms with Crippen LogP contribution in [0.5, 0.6) is 11.5 Å². The van der Waals surface area contributed by atoms with Crippen molar-refractivity contribution in [3.63, 3.8) is 0 Å². The summed E-state index contributed by atoms with van der Waals surface area (Å²) in [6.45, 7) is 5.09. The zero-order chi connectivity index (χ0) is 28.9. The number of nitrogens with two attached hydrogens (primary N) is 2. The number of amides is 4. The van der Waals surface area contributed by atoms with E-state index < -0.39 is 0 Å². The smallest absolute Gasteiger partial charge is 0.279 e. The van der Waals surface area contributed by atoms with Gasteiger partial charge in [0.1, 0.15) is 22.9 Å². The van der Waals surface area contributed by atoms with E-state index in [1.165, 1.54) is 38.1 Å². The Morgan fingerprint density at radius 1 is 0.800 bits per heavy atom. The number of hydrogen-bond acceptors (Lipinski definition) is 9. The molecule has 1 heterocycles. The minimum Gasteiger partial charge on any atom is -1.00 e. The van der Waals surface area contributed by atoms with Crippen molar-refractivity contribution in [2.45, 2.75) is 13.8 Å². The molecule has 3 rings (SSSR count). The van der Waals surface area contributed by atoms with Crippen molar-refractivity contribution in [2.75, 3.05) is 79.1 Å². The van der Waals surface area contributed by atoms with E-state index in [0.29, 0.717) is 42.0 Å². The van der Waals surface area contributed by atoms with Crippen LogP contribution in [0.2, 0.25) is 0 Å². The Bertz CT molecular complexity index is 1250. The fourth-order valence-electron chi connectivity index (χ4n) is 4.33. The summed E-state index contributed by atoms with van der Waals surface area (Å²) in [5, 5.41) is 30.8. The molecule has 2 aromatic carbocycles. The van der Waals surface area contributed by atoms with Gasteiger partial charge in [-0.2, -0.15) is 0 Å². The van der Waals surface area contributed by atoms with Gasteiger partial charge in [-0.15, -0.1) is 0 Å². The number of aromatic hydroxyl groups is 2. The predicted octanol–water partition coefficient (Wildman–Crippen LogP) is -2.48. The van der Waals surface area contributed by atoms with Crippen molar-refractivity contribution in [3.8, 4) is 11.5 Å². The largest absolute Gasteiger partial charge is 1.00 e.